The second-order valence-electron chi connectivity index (χ2n) is 5.67. The maximum Gasteiger partial charge on any atom is 0.140 e. The van der Waals surface area contributed by atoms with Crippen LogP contribution in [0.2, 0.25) is 5.15 Å². The van der Waals surface area contributed by atoms with Crippen molar-refractivity contribution in [2.75, 3.05) is 0 Å². The van der Waals surface area contributed by atoms with Crippen molar-refractivity contribution < 1.29 is 0 Å². The summed E-state index contributed by atoms with van der Waals surface area (Å²) in [4.78, 5) is 9.09. The molecule has 0 radical (unpaired) electrons. The molecular formula is C16H19ClN2S. The maximum absolute atomic E-state index is 6.26. The number of halogens is 1. The lowest BCUT2D eigenvalue weighted by Gasteiger charge is -2.17. The number of nitrogens with zero attached hydrogens (tertiary/aromatic N) is 2. The number of aromatic nitrogens is 2. The fourth-order valence-electron chi connectivity index (χ4n) is 1.76. The van der Waals surface area contributed by atoms with Crippen molar-refractivity contribution in [3.63, 3.8) is 0 Å². The Kier molecular flexibility index (Phi) is 4.71. The number of rotatable bonds is 3. The largest absolute Gasteiger partial charge is 0.232 e. The highest BCUT2D eigenvalue weighted by Gasteiger charge is 2.15. The fraction of sp³-hybridized carbons (Fsp3) is 0.375. The van der Waals surface area contributed by atoms with Gasteiger partial charge in [-0.15, -0.1) is 11.8 Å². The summed E-state index contributed by atoms with van der Waals surface area (Å²) in [5.74, 6) is 1.56. The molecule has 1 heterocycles. The molecule has 0 saturated carbocycles. The van der Waals surface area contributed by atoms with Crippen molar-refractivity contribution in [2.24, 2.45) is 0 Å². The van der Waals surface area contributed by atoms with Gasteiger partial charge in [-0.3, -0.25) is 0 Å². The van der Waals surface area contributed by atoms with E-state index in [1.807, 2.05) is 49.0 Å². The van der Waals surface area contributed by atoms with Crippen LogP contribution in [-0.2, 0) is 5.75 Å². The predicted molar refractivity (Wildman–Crippen MR) is 88.3 cm³/mol. The molecule has 0 N–H and O–H groups in total. The Bertz CT molecular complexity index is 591. The Hall–Kier alpha value is -1.06. The lowest BCUT2D eigenvalue weighted by molar-refractivity contribution is 0.800. The molecule has 1 aromatic heterocycles. The topological polar surface area (TPSA) is 25.8 Å². The van der Waals surface area contributed by atoms with Crippen LogP contribution in [0.3, 0.4) is 0 Å². The highest BCUT2D eigenvalue weighted by Crippen LogP contribution is 2.29. The van der Waals surface area contributed by atoms with Crippen molar-refractivity contribution in [3.8, 4) is 11.3 Å². The molecule has 0 atom stereocenters. The Morgan fingerprint density at radius 2 is 1.75 bits per heavy atom. The Morgan fingerprint density at radius 3 is 2.35 bits per heavy atom. The molecule has 0 unspecified atom stereocenters. The SMILES string of the molecule is Cc1c(Cl)nc(CSC(C)(C)C)nc1-c1ccccc1. The molecule has 20 heavy (non-hydrogen) atoms. The second kappa shape index (κ2) is 6.15. The van der Waals surface area contributed by atoms with E-state index in [0.29, 0.717) is 5.15 Å². The first-order chi connectivity index (χ1) is 9.37. The zero-order valence-electron chi connectivity index (χ0n) is 12.3. The summed E-state index contributed by atoms with van der Waals surface area (Å²) >= 11 is 8.08. The summed E-state index contributed by atoms with van der Waals surface area (Å²) in [5, 5.41) is 0.545. The van der Waals surface area contributed by atoms with Gasteiger partial charge in [0.05, 0.1) is 11.4 Å². The van der Waals surface area contributed by atoms with Crippen molar-refractivity contribution in [1.29, 1.82) is 0 Å². The summed E-state index contributed by atoms with van der Waals surface area (Å²) in [6.45, 7) is 8.52. The van der Waals surface area contributed by atoms with Gasteiger partial charge in [0, 0.05) is 15.9 Å². The highest BCUT2D eigenvalue weighted by atomic mass is 35.5. The van der Waals surface area contributed by atoms with Crippen molar-refractivity contribution in [2.45, 2.75) is 38.2 Å². The zero-order chi connectivity index (χ0) is 14.8. The normalized spacial score (nSPS) is 11.7. The van der Waals surface area contributed by atoms with Gasteiger partial charge in [-0.2, -0.15) is 0 Å². The zero-order valence-corrected chi connectivity index (χ0v) is 13.8. The average Bonchev–Trinajstić information content (AvgIpc) is 2.40. The molecule has 0 fully saturated rings. The minimum absolute atomic E-state index is 0.188. The lowest BCUT2D eigenvalue weighted by Crippen LogP contribution is -2.09. The highest BCUT2D eigenvalue weighted by molar-refractivity contribution is 7.99. The third kappa shape index (κ3) is 3.97. The first-order valence-corrected chi connectivity index (χ1v) is 7.95. The first-order valence-electron chi connectivity index (χ1n) is 6.59. The van der Waals surface area contributed by atoms with Crippen LogP contribution in [-0.4, -0.2) is 14.7 Å². The minimum atomic E-state index is 0.188. The van der Waals surface area contributed by atoms with Crippen molar-refractivity contribution in [1.82, 2.24) is 9.97 Å². The van der Waals surface area contributed by atoms with E-state index in [-0.39, 0.29) is 4.75 Å². The quantitative estimate of drug-likeness (QED) is 0.735. The van der Waals surface area contributed by atoms with Crippen molar-refractivity contribution >= 4 is 23.4 Å². The van der Waals surface area contributed by atoms with Gasteiger partial charge in [0.15, 0.2) is 0 Å². The molecule has 2 rings (SSSR count). The van der Waals surface area contributed by atoms with Gasteiger partial charge in [0.2, 0.25) is 0 Å². The molecular weight excluding hydrogens is 288 g/mol. The van der Waals surface area contributed by atoms with E-state index in [0.717, 1.165) is 28.4 Å². The van der Waals surface area contributed by atoms with Crippen LogP contribution in [0, 0.1) is 6.92 Å². The Balaban J connectivity index is 2.35. The lowest BCUT2D eigenvalue weighted by atomic mass is 10.1. The van der Waals surface area contributed by atoms with E-state index in [1.165, 1.54) is 0 Å². The molecule has 106 valence electrons. The molecule has 2 aromatic rings. The minimum Gasteiger partial charge on any atom is -0.232 e. The van der Waals surface area contributed by atoms with E-state index in [2.05, 4.69) is 25.8 Å². The maximum atomic E-state index is 6.26. The van der Waals surface area contributed by atoms with Crippen LogP contribution < -0.4 is 0 Å². The van der Waals surface area contributed by atoms with Gasteiger partial charge in [0.1, 0.15) is 11.0 Å². The van der Waals surface area contributed by atoms with Crippen LogP contribution in [0.1, 0.15) is 32.2 Å². The summed E-state index contributed by atoms with van der Waals surface area (Å²) in [7, 11) is 0. The number of hydrogen-bond donors (Lipinski definition) is 0. The Labute approximate surface area is 130 Å². The number of hydrogen-bond acceptors (Lipinski definition) is 3. The van der Waals surface area contributed by atoms with E-state index in [9.17, 15) is 0 Å². The van der Waals surface area contributed by atoms with Gasteiger partial charge in [-0.05, 0) is 6.92 Å². The molecule has 0 aliphatic carbocycles. The van der Waals surface area contributed by atoms with E-state index in [1.54, 1.807) is 0 Å². The van der Waals surface area contributed by atoms with E-state index >= 15 is 0 Å². The third-order valence-electron chi connectivity index (χ3n) is 2.81. The van der Waals surface area contributed by atoms with Gasteiger partial charge >= 0.3 is 0 Å². The van der Waals surface area contributed by atoms with Crippen LogP contribution >= 0.6 is 23.4 Å². The van der Waals surface area contributed by atoms with Gasteiger partial charge in [-0.25, -0.2) is 9.97 Å². The molecule has 0 amide bonds. The molecule has 0 saturated heterocycles. The first kappa shape index (κ1) is 15.3. The van der Waals surface area contributed by atoms with Gasteiger partial charge in [-0.1, -0.05) is 62.7 Å². The fourth-order valence-corrected chi connectivity index (χ4v) is 2.63. The van der Waals surface area contributed by atoms with Crippen LogP contribution in [0.15, 0.2) is 30.3 Å². The van der Waals surface area contributed by atoms with Crippen LogP contribution in [0.4, 0.5) is 0 Å². The molecule has 1 aromatic carbocycles. The molecule has 0 aliphatic heterocycles. The van der Waals surface area contributed by atoms with Crippen LogP contribution in [0.5, 0.6) is 0 Å². The number of thioether (sulfide) groups is 1. The van der Waals surface area contributed by atoms with Gasteiger partial charge < -0.3 is 0 Å². The van der Waals surface area contributed by atoms with Crippen LogP contribution in [0.25, 0.3) is 11.3 Å². The van der Waals surface area contributed by atoms with Gasteiger partial charge in [0.25, 0.3) is 0 Å². The standard InChI is InChI=1S/C16H19ClN2S/c1-11-14(12-8-6-5-7-9-12)18-13(19-15(11)17)10-20-16(2,3)4/h5-9H,10H2,1-4H3. The third-order valence-corrected chi connectivity index (χ3v) is 4.45. The second-order valence-corrected chi connectivity index (χ2v) is 7.83. The average molecular weight is 307 g/mol. The molecule has 4 heteroatoms. The summed E-state index contributed by atoms with van der Waals surface area (Å²) in [6, 6.07) is 10.1. The van der Waals surface area contributed by atoms with E-state index in [4.69, 9.17) is 16.6 Å². The van der Waals surface area contributed by atoms with E-state index < -0.39 is 0 Å². The summed E-state index contributed by atoms with van der Waals surface area (Å²) < 4.78 is 0.188. The monoisotopic (exact) mass is 306 g/mol. The summed E-state index contributed by atoms with van der Waals surface area (Å²) in [5.41, 5.74) is 2.94. The molecule has 0 bridgehead atoms. The predicted octanol–water partition coefficient (Wildman–Crippen LogP) is 5.14. The molecule has 0 spiro atoms. The molecule has 0 aliphatic rings. The smallest absolute Gasteiger partial charge is 0.140 e. The summed E-state index contributed by atoms with van der Waals surface area (Å²) in [6.07, 6.45) is 0. The number of benzene rings is 1. The van der Waals surface area contributed by atoms with Crippen molar-refractivity contribution in [3.05, 3.63) is 46.9 Å². The molecule has 2 nitrogen and oxygen atoms in total. The Morgan fingerprint density at radius 1 is 1.10 bits per heavy atom.